The van der Waals surface area contributed by atoms with Gasteiger partial charge in [-0.05, 0) is 17.7 Å². The van der Waals surface area contributed by atoms with Crippen LogP contribution >= 0.6 is 0 Å². The van der Waals surface area contributed by atoms with E-state index in [0.29, 0.717) is 12.4 Å². The molecule has 0 bridgehead atoms. The van der Waals surface area contributed by atoms with Crippen LogP contribution in [0.1, 0.15) is 5.56 Å². The Morgan fingerprint density at radius 1 is 1.23 bits per heavy atom. The topological polar surface area (TPSA) is 77.8 Å². The third-order valence-corrected chi connectivity index (χ3v) is 1.97. The van der Waals surface area contributed by atoms with Crippen molar-refractivity contribution in [1.82, 2.24) is 9.97 Å². The van der Waals surface area contributed by atoms with E-state index < -0.39 is 0 Å². The van der Waals surface area contributed by atoms with Crippen molar-refractivity contribution in [3.8, 4) is 0 Å². The van der Waals surface area contributed by atoms with E-state index in [2.05, 4.69) is 9.97 Å². The van der Waals surface area contributed by atoms with Gasteiger partial charge in [0.05, 0.1) is 5.52 Å². The normalized spacial score (nSPS) is 10.5. The maximum Gasteiger partial charge on any atom is 0.134 e. The molecule has 1 aromatic heterocycles. The minimum Gasteiger partial charge on any atom is -0.383 e. The summed E-state index contributed by atoms with van der Waals surface area (Å²) in [6.45, 7) is 0.504. The molecule has 2 aromatic rings. The lowest BCUT2D eigenvalue weighted by Crippen LogP contribution is -1.98. The molecule has 0 unspecified atom stereocenters. The molecule has 0 saturated carbocycles. The van der Waals surface area contributed by atoms with Gasteiger partial charge in [0.15, 0.2) is 0 Å². The molecule has 0 atom stereocenters. The number of anilines is 1. The van der Waals surface area contributed by atoms with Crippen molar-refractivity contribution in [3.05, 3.63) is 30.1 Å². The monoisotopic (exact) mass is 174 g/mol. The van der Waals surface area contributed by atoms with Gasteiger partial charge in [0, 0.05) is 11.9 Å². The minimum absolute atomic E-state index is 0.500. The number of fused-ring (bicyclic) bond motifs is 1. The predicted octanol–water partition coefficient (Wildman–Crippen LogP) is 0.671. The highest BCUT2D eigenvalue weighted by Crippen LogP contribution is 2.17. The Morgan fingerprint density at radius 2 is 2.08 bits per heavy atom. The average Bonchev–Trinajstić information content (AvgIpc) is 2.18. The third kappa shape index (κ3) is 1.31. The summed E-state index contributed by atoms with van der Waals surface area (Å²) in [5.74, 6) is 0.500. The SMILES string of the molecule is NCc1ccc2ncnc(N)c2c1. The maximum atomic E-state index is 5.69. The summed E-state index contributed by atoms with van der Waals surface area (Å²) in [6.07, 6.45) is 1.46. The van der Waals surface area contributed by atoms with Gasteiger partial charge in [0.1, 0.15) is 12.1 Å². The van der Waals surface area contributed by atoms with Gasteiger partial charge in [-0.25, -0.2) is 9.97 Å². The number of nitrogen functional groups attached to an aromatic ring is 1. The van der Waals surface area contributed by atoms with E-state index in [4.69, 9.17) is 11.5 Å². The van der Waals surface area contributed by atoms with Crippen LogP contribution in [0.5, 0.6) is 0 Å². The fraction of sp³-hybridized carbons (Fsp3) is 0.111. The number of nitrogens with zero attached hydrogens (tertiary/aromatic N) is 2. The first-order chi connectivity index (χ1) is 6.31. The Hall–Kier alpha value is -1.68. The van der Waals surface area contributed by atoms with Gasteiger partial charge in [-0.2, -0.15) is 0 Å². The van der Waals surface area contributed by atoms with Crippen molar-refractivity contribution in [2.24, 2.45) is 5.73 Å². The van der Waals surface area contributed by atoms with Crippen molar-refractivity contribution in [1.29, 1.82) is 0 Å². The lowest BCUT2D eigenvalue weighted by Gasteiger charge is -2.01. The van der Waals surface area contributed by atoms with Gasteiger partial charge in [-0.3, -0.25) is 0 Å². The molecule has 2 rings (SSSR count). The van der Waals surface area contributed by atoms with Crippen LogP contribution in [0.15, 0.2) is 24.5 Å². The Kier molecular flexibility index (Phi) is 1.83. The molecule has 1 heterocycles. The van der Waals surface area contributed by atoms with Crippen LogP contribution in [0.3, 0.4) is 0 Å². The molecule has 66 valence electrons. The second kappa shape index (κ2) is 2.99. The fourth-order valence-corrected chi connectivity index (χ4v) is 1.25. The van der Waals surface area contributed by atoms with Crippen LogP contribution in [0.25, 0.3) is 10.9 Å². The molecule has 4 heteroatoms. The van der Waals surface area contributed by atoms with E-state index >= 15 is 0 Å². The van der Waals surface area contributed by atoms with Crippen LogP contribution in [0.4, 0.5) is 5.82 Å². The molecule has 13 heavy (non-hydrogen) atoms. The van der Waals surface area contributed by atoms with Crippen LogP contribution in [-0.4, -0.2) is 9.97 Å². The molecule has 4 nitrogen and oxygen atoms in total. The highest BCUT2D eigenvalue weighted by molar-refractivity contribution is 5.88. The minimum atomic E-state index is 0.500. The van der Waals surface area contributed by atoms with Gasteiger partial charge in [-0.15, -0.1) is 0 Å². The number of hydrogen-bond acceptors (Lipinski definition) is 4. The van der Waals surface area contributed by atoms with Crippen LogP contribution in [0.2, 0.25) is 0 Å². The van der Waals surface area contributed by atoms with E-state index in [9.17, 15) is 0 Å². The number of hydrogen-bond donors (Lipinski definition) is 2. The largest absolute Gasteiger partial charge is 0.383 e. The summed E-state index contributed by atoms with van der Waals surface area (Å²) >= 11 is 0. The van der Waals surface area contributed by atoms with E-state index in [1.807, 2.05) is 18.2 Å². The van der Waals surface area contributed by atoms with Gasteiger partial charge in [0.2, 0.25) is 0 Å². The maximum absolute atomic E-state index is 5.69. The van der Waals surface area contributed by atoms with Crippen molar-refractivity contribution < 1.29 is 0 Å². The molecular formula is C9H10N4. The first-order valence-corrected chi connectivity index (χ1v) is 4.00. The number of benzene rings is 1. The molecule has 0 fully saturated rings. The Morgan fingerprint density at radius 3 is 2.85 bits per heavy atom. The van der Waals surface area contributed by atoms with Gasteiger partial charge >= 0.3 is 0 Å². The zero-order valence-corrected chi connectivity index (χ0v) is 7.07. The Balaban J connectivity index is 2.74. The number of nitrogens with two attached hydrogens (primary N) is 2. The second-order valence-corrected chi connectivity index (χ2v) is 2.81. The fourth-order valence-electron chi connectivity index (χ4n) is 1.25. The highest BCUT2D eigenvalue weighted by Gasteiger charge is 1.99. The number of aromatic nitrogens is 2. The molecule has 0 saturated heterocycles. The molecule has 0 aliphatic carbocycles. The molecule has 0 spiro atoms. The quantitative estimate of drug-likeness (QED) is 0.666. The third-order valence-electron chi connectivity index (χ3n) is 1.97. The van der Waals surface area contributed by atoms with E-state index in [-0.39, 0.29) is 0 Å². The molecule has 1 aromatic carbocycles. The standard InChI is InChI=1S/C9H10N4/c10-4-6-1-2-8-7(3-6)9(11)13-5-12-8/h1-3,5H,4,10H2,(H2,11,12,13). The summed E-state index contributed by atoms with van der Waals surface area (Å²) < 4.78 is 0. The van der Waals surface area contributed by atoms with Gasteiger partial charge in [0.25, 0.3) is 0 Å². The number of rotatable bonds is 1. The Labute approximate surface area is 75.6 Å². The van der Waals surface area contributed by atoms with Crippen molar-refractivity contribution in [3.63, 3.8) is 0 Å². The first kappa shape index (κ1) is 7.94. The first-order valence-electron chi connectivity index (χ1n) is 4.00. The summed E-state index contributed by atoms with van der Waals surface area (Å²) in [4.78, 5) is 7.99. The molecule has 4 N–H and O–H groups in total. The van der Waals surface area contributed by atoms with Crippen molar-refractivity contribution >= 4 is 16.7 Å². The average molecular weight is 174 g/mol. The van der Waals surface area contributed by atoms with Gasteiger partial charge < -0.3 is 11.5 Å². The smallest absolute Gasteiger partial charge is 0.134 e. The van der Waals surface area contributed by atoms with Crippen molar-refractivity contribution in [2.45, 2.75) is 6.54 Å². The van der Waals surface area contributed by atoms with E-state index in [0.717, 1.165) is 16.5 Å². The summed E-state index contributed by atoms with van der Waals surface area (Å²) in [5, 5.41) is 0.866. The van der Waals surface area contributed by atoms with Crippen LogP contribution < -0.4 is 11.5 Å². The van der Waals surface area contributed by atoms with E-state index in [1.54, 1.807) is 0 Å². The zero-order chi connectivity index (χ0) is 9.26. The second-order valence-electron chi connectivity index (χ2n) is 2.81. The van der Waals surface area contributed by atoms with Crippen LogP contribution in [0, 0.1) is 0 Å². The lowest BCUT2D eigenvalue weighted by molar-refractivity contribution is 1.07. The summed E-state index contributed by atoms with van der Waals surface area (Å²) in [5.41, 5.74) is 13.1. The molecule has 0 radical (unpaired) electrons. The Bertz CT molecular complexity index is 439. The zero-order valence-electron chi connectivity index (χ0n) is 7.07. The molecule has 0 aliphatic rings. The van der Waals surface area contributed by atoms with E-state index in [1.165, 1.54) is 6.33 Å². The highest BCUT2D eigenvalue weighted by atomic mass is 14.9. The molecular weight excluding hydrogens is 164 g/mol. The van der Waals surface area contributed by atoms with Gasteiger partial charge in [-0.1, -0.05) is 6.07 Å². The summed E-state index contributed by atoms with van der Waals surface area (Å²) in [6, 6.07) is 5.76. The molecule has 0 aliphatic heterocycles. The predicted molar refractivity (Wildman–Crippen MR) is 51.8 cm³/mol. The summed E-state index contributed by atoms with van der Waals surface area (Å²) in [7, 11) is 0. The lowest BCUT2D eigenvalue weighted by atomic mass is 10.1. The van der Waals surface area contributed by atoms with Crippen molar-refractivity contribution in [2.75, 3.05) is 5.73 Å². The molecule has 0 amide bonds. The van der Waals surface area contributed by atoms with Crippen LogP contribution in [-0.2, 0) is 6.54 Å².